The monoisotopic (exact) mass is 242 g/mol. The number of aliphatic hydroxyl groups excluding tert-OH is 2. The molecular formula is C12H22N2O3. The maximum absolute atomic E-state index is 12.0. The highest BCUT2D eigenvalue weighted by Gasteiger charge is 2.37. The summed E-state index contributed by atoms with van der Waals surface area (Å²) in [6.07, 6.45) is 2.47. The summed E-state index contributed by atoms with van der Waals surface area (Å²) >= 11 is 0. The van der Waals surface area contributed by atoms with E-state index in [1.165, 1.54) is 0 Å². The molecule has 0 aliphatic rings. The molecule has 0 saturated heterocycles. The van der Waals surface area contributed by atoms with E-state index in [0.29, 0.717) is 12.8 Å². The van der Waals surface area contributed by atoms with Crippen molar-refractivity contribution in [3.8, 4) is 6.07 Å². The molecule has 0 atom stereocenters. The van der Waals surface area contributed by atoms with Gasteiger partial charge in [-0.2, -0.15) is 5.26 Å². The number of nitrogens with zero attached hydrogens (tertiary/aromatic N) is 1. The summed E-state index contributed by atoms with van der Waals surface area (Å²) in [5, 5.41) is 29.6. The first-order valence-electron chi connectivity index (χ1n) is 6.04. The van der Waals surface area contributed by atoms with Crippen LogP contribution >= 0.6 is 0 Å². The SMILES string of the molecule is CCCC(C#N)(CCC)C(=O)NC(CO)CO. The number of nitrogens with one attached hydrogen (secondary N) is 1. The zero-order valence-corrected chi connectivity index (χ0v) is 10.6. The fourth-order valence-corrected chi connectivity index (χ4v) is 1.84. The van der Waals surface area contributed by atoms with E-state index in [-0.39, 0.29) is 13.2 Å². The van der Waals surface area contributed by atoms with Crippen LogP contribution < -0.4 is 5.32 Å². The van der Waals surface area contributed by atoms with Gasteiger partial charge in [0.25, 0.3) is 0 Å². The quantitative estimate of drug-likeness (QED) is 0.580. The molecule has 0 aliphatic heterocycles. The third-order valence-electron chi connectivity index (χ3n) is 2.78. The van der Waals surface area contributed by atoms with Crippen molar-refractivity contribution in [1.29, 1.82) is 5.26 Å². The molecule has 0 aromatic carbocycles. The van der Waals surface area contributed by atoms with Crippen LogP contribution in [0.15, 0.2) is 0 Å². The number of amides is 1. The first-order valence-corrected chi connectivity index (χ1v) is 6.04. The number of rotatable bonds is 8. The minimum Gasteiger partial charge on any atom is -0.394 e. The molecule has 0 aromatic rings. The Bertz CT molecular complexity index is 263. The Morgan fingerprint density at radius 2 is 1.76 bits per heavy atom. The third kappa shape index (κ3) is 4.33. The Morgan fingerprint density at radius 3 is 2.06 bits per heavy atom. The molecule has 98 valence electrons. The Kier molecular flexibility index (Phi) is 7.51. The molecule has 0 fully saturated rings. The topological polar surface area (TPSA) is 93.4 Å². The van der Waals surface area contributed by atoms with E-state index in [4.69, 9.17) is 10.2 Å². The van der Waals surface area contributed by atoms with Gasteiger partial charge in [-0.1, -0.05) is 26.7 Å². The first-order chi connectivity index (χ1) is 8.10. The van der Waals surface area contributed by atoms with Crippen LogP contribution in [0.4, 0.5) is 0 Å². The van der Waals surface area contributed by atoms with E-state index in [0.717, 1.165) is 12.8 Å². The van der Waals surface area contributed by atoms with E-state index >= 15 is 0 Å². The highest BCUT2D eigenvalue weighted by atomic mass is 16.3. The van der Waals surface area contributed by atoms with E-state index in [1.807, 2.05) is 13.8 Å². The maximum Gasteiger partial charge on any atom is 0.240 e. The molecule has 1 amide bonds. The van der Waals surface area contributed by atoms with E-state index in [9.17, 15) is 10.1 Å². The second-order valence-electron chi connectivity index (χ2n) is 4.23. The maximum atomic E-state index is 12.0. The van der Waals surface area contributed by atoms with Gasteiger partial charge in [0.05, 0.1) is 25.3 Å². The van der Waals surface area contributed by atoms with Gasteiger partial charge in [0, 0.05) is 0 Å². The van der Waals surface area contributed by atoms with Crippen molar-refractivity contribution in [1.82, 2.24) is 5.32 Å². The number of hydrogen-bond donors (Lipinski definition) is 3. The molecule has 0 aromatic heterocycles. The lowest BCUT2D eigenvalue weighted by molar-refractivity contribution is -0.130. The van der Waals surface area contributed by atoms with E-state index in [2.05, 4.69) is 11.4 Å². The standard InChI is InChI=1S/C12H22N2O3/c1-3-5-12(9-13,6-4-2)11(17)14-10(7-15)8-16/h10,15-16H,3-8H2,1-2H3,(H,14,17). The fraction of sp³-hybridized carbons (Fsp3) is 0.833. The Labute approximate surface area is 102 Å². The van der Waals surface area contributed by atoms with Crippen LogP contribution in [0.3, 0.4) is 0 Å². The normalized spacial score (nSPS) is 11.3. The van der Waals surface area contributed by atoms with Crippen LogP contribution in [-0.4, -0.2) is 35.4 Å². The summed E-state index contributed by atoms with van der Waals surface area (Å²) in [6.45, 7) is 3.18. The molecule has 17 heavy (non-hydrogen) atoms. The number of aliphatic hydroxyl groups is 2. The second kappa shape index (κ2) is 8.04. The molecular weight excluding hydrogens is 220 g/mol. The highest BCUT2D eigenvalue weighted by Crippen LogP contribution is 2.29. The lowest BCUT2D eigenvalue weighted by Gasteiger charge is -2.26. The van der Waals surface area contributed by atoms with E-state index < -0.39 is 17.4 Å². The molecule has 5 heteroatoms. The molecule has 0 bridgehead atoms. The van der Waals surface area contributed by atoms with Crippen LogP contribution in [0.5, 0.6) is 0 Å². The van der Waals surface area contributed by atoms with Crippen molar-refractivity contribution in [3.63, 3.8) is 0 Å². The molecule has 0 aliphatic carbocycles. The number of carbonyl (C=O) groups excluding carboxylic acids is 1. The van der Waals surface area contributed by atoms with Crippen LogP contribution in [0.2, 0.25) is 0 Å². The molecule has 0 radical (unpaired) electrons. The summed E-state index contributed by atoms with van der Waals surface area (Å²) in [7, 11) is 0. The second-order valence-corrected chi connectivity index (χ2v) is 4.23. The zero-order chi connectivity index (χ0) is 13.3. The van der Waals surface area contributed by atoms with Gasteiger partial charge in [0.1, 0.15) is 5.41 Å². The summed E-state index contributed by atoms with van der Waals surface area (Å²) in [5.74, 6) is -0.392. The molecule has 3 N–H and O–H groups in total. The van der Waals surface area contributed by atoms with Gasteiger partial charge < -0.3 is 15.5 Å². The largest absolute Gasteiger partial charge is 0.394 e. The van der Waals surface area contributed by atoms with Crippen LogP contribution in [0.1, 0.15) is 39.5 Å². The predicted molar refractivity (Wildman–Crippen MR) is 64.0 cm³/mol. The Balaban J connectivity index is 4.80. The van der Waals surface area contributed by atoms with Gasteiger partial charge in [-0.25, -0.2) is 0 Å². The average Bonchev–Trinajstić information content (AvgIpc) is 2.35. The summed E-state index contributed by atoms with van der Waals surface area (Å²) in [6, 6.07) is 1.40. The molecule has 0 unspecified atom stereocenters. The lowest BCUT2D eigenvalue weighted by atomic mass is 9.79. The van der Waals surface area contributed by atoms with Gasteiger partial charge in [-0.15, -0.1) is 0 Å². The highest BCUT2D eigenvalue weighted by molar-refractivity contribution is 5.85. The van der Waals surface area contributed by atoms with Crippen LogP contribution in [-0.2, 0) is 4.79 Å². The van der Waals surface area contributed by atoms with Gasteiger partial charge >= 0.3 is 0 Å². The predicted octanol–water partition coefficient (Wildman–Crippen LogP) is 0.566. The van der Waals surface area contributed by atoms with Crippen molar-refractivity contribution >= 4 is 5.91 Å². The number of hydrogen-bond acceptors (Lipinski definition) is 4. The summed E-state index contributed by atoms with van der Waals surface area (Å²) in [5.41, 5.74) is -1.04. The minimum atomic E-state index is -1.04. The van der Waals surface area contributed by atoms with Crippen molar-refractivity contribution < 1.29 is 15.0 Å². The van der Waals surface area contributed by atoms with Crippen molar-refractivity contribution in [2.75, 3.05) is 13.2 Å². The molecule has 0 heterocycles. The number of nitriles is 1. The van der Waals surface area contributed by atoms with Gasteiger partial charge in [0.2, 0.25) is 5.91 Å². The molecule has 0 saturated carbocycles. The smallest absolute Gasteiger partial charge is 0.240 e. The van der Waals surface area contributed by atoms with Gasteiger partial charge in [0.15, 0.2) is 0 Å². The zero-order valence-electron chi connectivity index (χ0n) is 10.6. The van der Waals surface area contributed by atoms with Crippen molar-refractivity contribution in [2.24, 2.45) is 5.41 Å². The minimum absolute atomic E-state index is 0.331. The fourth-order valence-electron chi connectivity index (χ4n) is 1.84. The first kappa shape index (κ1) is 15.9. The van der Waals surface area contributed by atoms with Crippen LogP contribution in [0, 0.1) is 16.7 Å². The average molecular weight is 242 g/mol. The Hall–Kier alpha value is -1.12. The van der Waals surface area contributed by atoms with Crippen molar-refractivity contribution in [3.05, 3.63) is 0 Å². The molecule has 0 spiro atoms. The van der Waals surface area contributed by atoms with Gasteiger partial charge in [-0.05, 0) is 12.8 Å². The summed E-state index contributed by atoms with van der Waals surface area (Å²) < 4.78 is 0. The lowest BCUT2D eigenvalue weighted by Crippen LogP contribution is -2.47. The molecule has 5 nitrogen and oxygen atoms in total. The van der Waals surface area contributed by atoms with E-state index in [1.54, 1.807) is 0 Å². The molecule has 0 rings (SSSR count). The van der Waals surface area contributed by atoms with Gasteiger partial charge in [-0.3, -0.25) is 4.79 Å². The van der Waals surface area contributed by atoms with Crippen LogP contribution in [0.25, 0.3) is 0 Å². The Morgan fingerprint density at radius 1 is 1.29 bits per heavy atom. The van der Waals surface area contributed by atoms with Crippen molar-refractivity contribution in [2.45, 2.75) is 45.6 Å². The number of carbonyl (C=O) groups is 1. The third-order valence-corrected chi connectivity index (χ3v) is 2.78. The summed E-state index contributed by atoms with van der Waals surface area (Å²) in [4.78, 5) is 12.0.